The second-order valence-electron chi connectivity index (χ2n) is 4.15. The molecule has 0 unspecified atom stereocenters. The van der Waals surface area contributed by atoms with Gasteiger partial charge in [0.25, 0.3) is 0 Å². The summed E-state index contributed by atoms with van der Waals surface area (Å²) in [5.41, 5.74) is 2.27. The van der Waals surface area contributed by atoms with Crippen LogP contribution in [0.25, 0.3) is 16.6 Å². The molecule has 0 spiro atoms. The number of hydrogen-bond acceptors (Lipinski definition) is 4. The van der Waals surface area contributed by atoms with Crippen LogP contribution in [0.5, 0.6) is 0 Å². The van der Waals surface area contributed by atoms with Gasteiger partial charge >= 0.3 is 5.97 Å². The molecular formula is C13H10N4O2. The summed E-state index contributed by atoms with van der Waals surface area (Å²) in [6, 6.07) is 9.54. The van der Waals surface area contributed by atoms with Crippen LogP contribution < -0.4 is 0 Å². The second kappa shape index (κ2) is 4.16. The summed E-state index contributed by atoms with van der Waals surface area (Å²) in [5.74, 6) is -1.10. The van der Waals surface area contributed by atoms with Crippen molar-refractivity contribution < 1.29 is 9.90 Å². The third-order valence-corrected chi connectivity index (χ3v) is 2.80. The van der Waals surface area contributed by atoms with Crippen LogP contribution in [-0.2, 0) is 0 Å². The van der Waals surface area contributed by atoms with Gasteiger partial charge in [0.2, 0.25) is 0 Å². The van der Waals surface area contributed by atoms with Crippen molar-refractivity contribution in [1.82, 2.24) is 20.0 Å². The number of fused-ring (bicyclic) bond motifs is 1. The zero-order chi connectivity index (χ0) is 13.4. The van der Waals surface area contributed by atoms with Gasteiger partial charge in [-0.05, 0) is 19.1 Å². The molecule has 2 heterocycles. The summed E-state index contributed by atoms with van der Waals surface area (Å²) < 4.78 is 1.43. The molecule has 0 saturated carbocycles. The lowest BCUT2D eigenvalue weighted by Gasteiger charge is -2.05. The van der Waals surface area contributed by atoms with Crippen molar-refractivity contribution in [2.75, 3.05) is 0 Å². The summed E-state index contributed by atoms with van der Waals surface area (Å²) in [7, 11) is 0. The standard InChI is InChI=1S/C13H10N4O2/c1-8-5-6-9-3-2-4-11(12(9)14-8)17-7-10(13(18)19)15-16-17/h2-7H,1H3,(H,18,19). The predicted octanol–water partition coefficient (Wildman–Crippen LogP) is 1.82. The summed E-state index contributed by atoms with van der Waals surface area (Å²) in [6.07, 6.45) is 1.38. The van der Waals surface area contributed by atoms with Crippen molar-refractivity contribution in [3.05, 3.63) is 47.9 Å². The number of benzene rings is 1. The summed E-state index contributed by atoms with van der Waals surface area (Å²) in [5, 5.41) is 17.3. The first-order valence-corrected chi connectivity index (χ1v) is 5.67. The highest BCUT2D eigenvalue weighted by molar-refractivity contribution is 5.87. The Balaban J connectivity index is 2.23. The fourth-order valence-electron chi connectivity index (χ4n) is 1.89. The molecule has 0 radical (unpaired) electrons. The molecule has 2 aromatic heterocycles. The first-order chi connectivity index (χ1) is 9.15. The minimum absolute atomic E-state index is 0.0929. The molecule has 0 bridgehead atoms. The van der Waals surface area contributed by atoms with Gasteiger partial charge in [-0.3, -0.25) is 4.98 Å². The molecule has 94 valence electrons. The second-order valence-corrected chi connectivity index (χ2v) is 4.15. The smallest absolute Gasteiger partial charge is 0.358 e. The number of aryl methyl sites for hydroxylation is 1. The van der Waals surface area contributed by atoms with E-state index in [1.807, 2.05) is 37.3 Å². The highest BCUT2D eigenvalue weighted by Crippen LogP contribution is 2.20. The molecular weight excluding hydrogens is 244 g/mol. The number of carboxylic acids is 1. The molecule has 0 atom stereocenters. The number of rotatable bonds is 2. The molecule has 0 aliphatic heterocycles. The van der Waals surface area contributed by atoms with Crippen molar-refractivity contribution >= 4 is 16.9 Å². The highest BCUT2D eigenvalue weighted by Gasteiger charge is 2.11. The molecule has 3 rings (SSSR count). The van der Waals surface area contributed by atoms with Crippen LogP contribution in [-0.4, -0.2) is 31.1 Å². The zero-order valence-electron chi connectivity index (χ0n) is 10.1. The maximum absolute atomic E-state index is 10.8. The normalized spacial score (nSPS) is 10.8. The number of carbonyl (C=O) groups is 1. The van der Waals surface area contributed by atoms with Crippen molar-refractivity contribution in [1.29, 1.82) is 0 Å². The highest BCUT2D eigenvalue weighted by atomic mass is 16.4. The first-order valence-electron chi connectivity index (χ1n) is 5.67. The Morgan fingerprint density at radius 1 is 1.26 bits per heavy atom. The van der Waals surface area contributed by atoms with Crippen LogP contribution in [0.15, 0.2) is 36.5 Å². The van der Waals surface area contributed by atoms with Gasteiger partial charge in [-0.1, -0.05) is 23.4 Å². The van der Waals surface area contributed by atoms with E-state index in [1.54, 1.807) is 0 Å². The minimum Gasteiger partial charge on any atom is -0.476 e. The Kier molecular flexibility index (Phi) is 2.49. The van der Waals surface area contributed by atoms with Gasteiger partial charge in [-0.25, -0.2) is 9.48 Å². The molecule has 0 saturated heterocycles. The largest absolute Gasteiger partial charge is 0.476 e. The van der Waals surface area contributed by atoms with Gasteiger partial charge in [0.15, 0.2) is 5.69 Å². The topological polar surface area (TPSA) is 80.9 Å². The third kappa shape index (κ3) is 1.93. The van der Waals surface area contributed by atoms with E-state index >= 15 is 0 Å². The number of pyridine rings is 1. The van der Waals surface area contributed by atoms with E-state index in [2.05, 4.69) is 15.3 Å². The molecule has 0 aliphatic rings. The summed E-state index contributed by atoms with van der Waals surface area (Å²) in [4.78, 5) is 15.3. The van der Waals surface area contributed by atoms with E-state index in [9.17, 15) is 4.79 Å². The Bertz CT molecular complexity index is 779. The molecule has 1 aromatic carbocycles. The lowest BCUT2D eigenvalue weighted by molar-refractivity contribution is 0.0690. The van der Waals surface area contributed by atoms with Crippen LogP contribution in [0.2, 0.25) is 0 Å². The Labute approximate surface area is 108 Å². The maximum Gasteiger partial charge on any atom is 0.358 e. The van der Waals surface area contributed by atoms with Crippen LogP contribution >= 0.6 is 0 Å². The number of carboxylic acid groups (broad SMARTS) is 1. The third-order valence-electron chi connectivity index (χ3n) is 2.80. The fraction of sp³-hybridized carbons (Fsp3) is 0.0769. The monoisotopic (exact) mass is 254 g/mol. The quantitative estimate of drug-likeness (QED) is 0.754. The van der Waals surface area contributed by atoms with Crippen LogP contribution in [0.3, 0.4) is 0 Å². The van der Waals surface area contributed by atoms with E-state index in [-0.39, 0.29) is 5.69 Å². The van der Waals surface area contributed by atoms with Crippen LogP contribution in [0.1, 0.15) is 16.2 Å². The lowest BCUT2D eigenvalue weighted by atomic mass is 10.2. The molecule has 3 aromatic rings. The molecule has 0 amide bonds. The number of para-hydroxylation sites is 1. The Morgan fingerprint density at radius 3 is 2.84 bits per heavy atom. The average molecular weight is 254 g/mol. The Morgan fingerprint density at radius 2 is 2.11 bits per heavy atom. The number of nitrogens with zero attached hydrogens (tertiary/aromatic N) is 4. The van der Waals surface area contributed by atoms with Crippen molar-refractivity contribution in [2.24, 2.45) is 0 Å². The number of aromatic carboxylic acids is 1. The van der Waals surface area contributed by atoms with Gasteiger partial charge in [0, 0.05) is 11.1 Å². The van der Waals surface area contributed by atoms with Crippen molar-refractivity contribution in [3.63, 3.8) is 0 Å². The summed E-state index contributed by atoms with van der Waals surface area (Å²) in [6.45, 7) is 1.90. The first kappa shape index (κ1) is 11.3. The van der Waals surface area contributed by atoms with Crippen LogP contribution in [0.4, 0.5) is 0 Å². The molecule has 0 fully saturated rings. The van der Waals surface area contributed by atoms with E-state index in [1.165, 1.54) is 10.9 Å². The lowest BCUT2D eigenvalue weighted by Crippen LogP contribution is -1.98. The minimum atomic E-state index is -1.10. The molecule has 19 heavy (non-hydrogen) atoms. The number of hydrogen-bond donors (Lipinski definition) is 1. The maximum atomic E-state index is 10.8. The van der Waals surface area contributed by atoms with Crippen molar-refractivity contribution in [3.8, 4) is 5.69 Å². The summed E-state index contributed by atoms with van der Waals surface area (Å²) >= 11 is 0. The fourth-order valence-corrected chi connectivity index (χ4v) is 1.89. The molecule has 6 nitrogen and oxygen atoms in total. The molecule has 6 heteroatoms. The van der Waals surface area contributed by atoms with E-state index in [0.29, 0.717) is 5.69 Å². The van der Waals surface area contributed by atoms with Gasteiger partial charge in [0.1, 0.15) is 0 Å². The van der Waals surface area contributed by atoms with Gasteiger partial charge < -0.3 is 5.11 Å². The van der Waals surface area contributed by atoms with E-state index in [0.717, 1.165) is 16.6 Å². The van der Waals surface area contributed by atoms with Gasteiger partial charge in [-0.2, -0.15) is 0 Å². The SMILES string of the molecule is Cc1ccc2cccc(-n3cc(C(=O)O)nn3)c2n1. The van der Waals surface area contributed by atoms with Crippen molar-refractivity contribution in [2.45, 2.75) is 6.92 Å². The Hall–Kier alpha value is -2.76. The van der Waals surface area contributed by atoms with E-state index < -0.39 is 5.97 Å². The average Bonchev–Trinajstić information content (AvgIpc) is 2.87. The number of aromatic nitrogens is 4. The van der Waals surface area contributed by atoms with Crippen LogP contribution in [0, 0.1) is 6.92 Å². The van der Waals surface area contributed by atoms with E-state index in [4.69, 9.17) is 5.11 Å². The zero-order valence-corrected chi connectivity index (χ0v) is 10.1. The van der Waals surface area contributed by atoms with Gasteiger partial charge in [-0.15, -0.1) is 5.10 Å². The van der Waals surface area contributed by atoms with Gasteiger partial charge in [0.05, 0.1) is 17.4 Å². The molecule has 0 aliphatic carbocycles. The molecule has 1 N–H and O–H groups in total. The predicted molar refractivity (Wildman–Crippen MR) is 68.4 cm³/mol.